The van der Waals surface area contributed by atoms with Crippen LogP contribution < -0.4 is 16.0 Å². The number of benzene rings is 1. The molecule has 20 heavy (non-hydrogen) atoms. The number of hydrogen-bond acceptors (Lipinski definition) is 5. The van der Waals surface area contributed by atoms with E-state index in [0.717, 1.165) is 5.56 Å². The van der Waals surface area contributed by atoms with Crippen LogP contribution in [0.25, 0.3) is 0 Å². The summed E-state index contributed by atoms with van der Waals surface area (Å²) < 4.78 is 26.8. The van der Waals surface area contributed by atoms with Crippen LogP contribution in [0.4, 0.5) is 5.82 Å². The lowest BCUT2D eigenvalue weighted by atomic mass is 10.2. The molecule has 0 aliphatic heterocycles. The molecule has 0 saturated heterocycles. The highest BCUT2D eigenvalue weighted by molar-refractivity contribution is 7.89. The van der Waals surface area contributed by atoms with Gasteiger partial charge in [0.2, 0.25) is 10.0 Å². The van der Waals surface area contributed by atoms with Gasteiger partial charge in [-0.2, -0.15) is 0 Å². The van der Waals surface area contributed by atoms with Crippen molar-refractivity contribution >= 4 is 27.4 Å². The molecule has 0 aliphatic rings. The Labute approximate surface area is 122 Å². The Morgan fingerprint density at radius 1 is 1.20 bits per heavy atom. The van der Waals surface area contributed by atoms with E-state index in [4.69, 9.17) is 17.4 Å². The van der Waals surface area contributed by atoms with Crippen molar-refractivity contribution in [3.8, 4) is 0 Å². The molecule has 1 heterocycles. The third-order valence-corrected chi connectivity index (χ3v) is 4.26. The number of aromatic nitrogens is 1. The van der Waals surface area contributed by atoms with Crippen LogP contribution in [0.3, 0.4) is 0 Å². The van der Waals surface area contributed by atoms with E-state index in [1.54, 1.807) is 24.3 Å². The van der Waals surface area contributed by atoms with Gasteiger partial charge in [-0.15, -0.1) is 0 Å². The lowest BCUT2D eigenvalue weighted by molar-refractivity contribution is 0.581. The van der Waals surface area contributed by atoms with Crippen LogP contribution >= 0.6 is 11.6 Å². The van der Waals surface area contributed by atoms with Crippen LogP contribution in [-0.2, 0) is 16.6 Å². The summed E-state index contributed by atoms with van der Waals surface area (Å²) in [6.07, 6.45) is 1.45. The van der Waals surface area contributed by atoms with Gasteiger partial charge in [0, 0.05) is 17.8 Å². The monoisotopic (exact) mass is 312 g/mol. The topological polar surface area (TPSA) is 97.1 Å². The Morgan fingerprint density at radius 2 is 1.90 bits per heavy atom. The number of hydrogen-bond donors (Lipinski definition) is 3. The first-order valence-electron chi connectivity index (χ1n) is 5.68. The third-order valence-electron chi connectivity index (χ3n) is 2.58. The van der Waals surface area contributed by atoms with Crippen LogP contribution in [0, 0.1) is 0 Å². The minimum atomic E-state index is -3.70. The third kappa shape index (κ3) is 3.45. The fourth-order valence-corrected chi connectivity index (χ4v) is 2.84. The van der Waals surface area contributed by atoms with E-state index >= 15 is 0 Å². The molecular weight excluding hydrogens is 300 g/mol. The molecule has 2 rings (SSSR count). The first-order valence-corrected chi connectivity index (χ1v) is 7.55. The van der Waals surface area contributed by atoms with Crippen molar-refractivity contribution in [2.75, 3.05) is 5.43 Å². The molecule has 0 amide bonds. The SMILES string of the molecule is NNc1ncccc1S(=O)(=O)NCc1ccc(Cl)cc1. The Morgan fingerprint density at radius 3 is 2.55 bits per heavy atom. The molecule has 1 aromatic heterocycles. The molecule has 0 aliphatic carbocycles. The molecule has 0 bridgehead atoms. The van der Waals surface area contributed by atoms with Crippen LogP contribution in [0.15, 0.2) is 47.5 Å². The number of nitrogens with one attached hydrogen (secondary N) is 2. The van der Waals surface area contributed by atoms with E-state index in [-0.39, 0.29) is 17.3 Å². The maximum atomic E-state index is 12.2. The number of pyridine rings is 1. The van der Waals surface area contributed by atoms with Gasteiger partial charge in [0.15, 0.2) is 5.82 Å². The fourth-order valence-electron chi connectivity index (χ4n) is 1.57. The lowest BCUT2D eigenvalue weighted by Crippen LogP contribution is -2.25. The second-order valence-corrected chi connectivity index (χ2v) is 6.12. The molecular formula is C12H13ClN4O2S. The van der Waals surface area contributed by atoms with Gasteiger partial charge in [-0.05, 0) is 29.8 Å². The standard InChI is InChI=1S/C12H13ClN4O2S/c13-10-5-3-9(4-6-10)8-16-20(18,19)11-2-1-7-15-12(11)17-14/h1-7,16H,8,14H2,(H,15,17). The maximum Gasteiger partial charge on any atom is 0.244 e. The largest absolute Gasteiger partial charge is 0.307 e. The number of halogens is 1. The van der Waals surface area contributed by atoms with Gasteiger partial charge < -0.3 is 5.43 Å². The number of anilines is 1. The van der Waals surface area contributed by atoms with Gasteiger partial charge in [0.1, 0.15) is 4.90 Å². The van der Waals surface area contributed by atoms with Crippen LogP contribution in [0.1, 0.15) is 5.56 Å². The fraction of sp³-hybridized carbons (Fsp3) is 0.0833. The normalized spacial score (nSPS) is 11.3. The van der Waals surface area contributed by atoms with Crippen molar-refractivity contribution in [3.63, 3.8) is 0 Å². The molecule has 8 heteroatoms. The summed E-state index contributed by atoms with van der Waals surface area (Å²) in [4.78, 5) is 3.85. The molecule has 0 unspecified atom stereocenters. The predicted molar refractivity (Wildman–Crippen MR) is 77.5 cm³/mol. The minimum absolute atomic E-state index is 0.00327. The van der Waals surface area contributed by atoms with E-state index < -0.39 is 10.0 Å². The summed E-state index contributed by atoms with van der Waals surface area (Å²) in [5.74, 6) is 5.35. The van der Waals surface area contributed by atoms with Crippen molar-refractivity contribution in [3.05, 3.63) is 53.2 Å². The quantitative estimate of drug-likeness (QED) is 0.574. The average molecular weight is 313 g/mol. The highest BCUT2D eigenvalue weighted by atomic mass is 35.5. The highest BCUT2D eigenvalue weighted by Gasteiger charge is 2.18. The summed E-state index contributed by atoms with van der Waals surface area (Å²) in [7, 11) is -3.70. The van der Waals surface area contributed by atoms with Crippen LogP contribution in [-0.4, -0.2) is 13.4 Å². The minimum Gasteiger partial charge on any atom is -0.307 e. The molecule has 0 atom stereocenters. The van der Waals surface area contributed by atoms with Crippen molar-refractivity contribution in [1.82, 2.24) is 9.71 Å². The Bertz CT molecular complexity index is 689. The molecule has 4 N–H and O–H groups in total. The highest BCUT2D eigenvalue weighted by Crippen LogP contribution is 2.17. The van der Waals surface area contributed by atoms with Gasteiger partial charge in [0.25, 0.3) is 0 Å². The second kappa shape index (κ2) is 6.19. The van der Waals surface area contributed by atoms with E-state index in [0.29, 0.717) is 5.02 Å². The average Bonchev–Trinajstić information content (AvgIpc) is 2.46. The van der Waals surface area contributed by atoms with Gasteiger partial charge in [-0.25, -0.2) is 24.0 Å². The molecule has 0 saturated carbocycles. The molecule has 0 fully saturated rings. The zero-order valence-electron chi connectivity index (χ0n) is 10.4. The molecule has 2 aromatic rings. The number of nitrogen functional groups attached to an aromatic ring is 1. The summed E-state index contributed by atoms with van der Waals surface area (Å²) >= 11 is 5.77. The van der Waals surface area contributed by atoms with Gasteiger partial charge in [-0.3, -0.25) is 0 Å². The Hall–Kier alpha value is -1.67. The first kappa shape index (κ1) is 14.7. The smallest absolute Gasteiger partial charge is 0.244 e. The van der Waals surface area contributed by atoms with Crippen molar-refractivity contribution < 1.29 is 8.42 Å². The second-order valence-electron chi connectivity index (χ2n) is 3.95. The van der Waals surface area contributed by atoms with Gasteiger partial charge in [-0.1, -0.05) is 23.7 Å². The summed E-state index contributed by atoms with van der Waals surface area (Å²) in [6, 6.07) is 9.83. The first-order chi connectivity index (χ1) is 9.53. The number of sulfonamides is 1. The summed E-state index contributed by atoms with van der Waals surface area (Å²) in [5.41, 5.74) is 3.06. The molecule has 1 aromatic carbocycles. The number of nitrogens with zero attached hydrogens (tertiary/aromatic N) is 1. The van der Waals surface area contributed by atoms with E-state index in [1.807, 2.05) is 0 Å². The Kier molecular flexibility index (Phi) is 4.56. The Balaban J connectivity index is 2.17. The number of rotatable bonds is 5. The predicted octanol–water partition coefficient (Wildman–Crippen LogP) is 1.50. The molecule has 106 valence electrons. The van der Waals surface area contributed by atoms with Gasteiger partial charge >= 0.3 is 0 Å². The van der Waals surface area contributed by atoms with Crippen LogP contribution in [0.5, 0.6) is 0 Å². The van der Waals surface area contributed by atoms with Gasteiger partial charge in [0.05, 0.1) is 0 Å². The van der Waals surface area contributed by atoms with E-state index in [2.05, 4.69) is 15.1 Å². The van der Waals surface area contributed by atoms with E-state index in [9.17, 15) is 8.42 Å². The van der Waals surface area contributed by atoms with Crippen LogP contribution in [0.2, 0.25) is 5.02 Å². The lowest BCUT2D eigenvalue weighted by Gasteiger charge is -2.10. The summed E-state index contributed by atoms with van der Waals surface area (Å²) in [6.45, 7) is 0.151. The zero-order valence-corrected chi connectivity index (χ0v) is 11.9. The van der Waals surface area contributed by atoms with Crippen molar-refractivity contribution in [2.24, 2.45) is 5.84 Å². The molecule has 0 spiro atoms. The van der Waals surface area contributed by atoms with Crippen molar-refractivity contribution in [1.29, 1.82) is 0 Å². The van der Waals surface area contributed by atoms with Crippen molar-refractivity contribution in [2.45, 2.75) is 11.4 Å². The van der Waals surface area contributed by atoms with E-state index in [1.165, 1.54) is 18.3 Å². The summed E-state index contributed by atoms with van der Waals surface area (Å²) in [5, 5.41) is 0.596. The number of hydrazine groups is 1. The maximum absolute atomic E-state index is 12.2. The molecule has 0 radical (unpaired) electrons. The zero-order chi connectivity index (χ0) is 14.6. The number of nitrogens with two attached hydrogens (primary N) is 1. The molecule has 6 nitrogen and oxygen atoms in total.